The minimum Gasteiger partial charge on any atom is -0.415 e. The molecule has 1 aliphatic heterocycles. The lowest BCUT2D eigenvalue weighted by Crippen LogP contribution is -2.12. The van der Waals surface area contributed by atoms with Crippen LogP contribution in [0.25, 0.3) is 0 Å². The van der Waals surface area contributed by atoms with Gasteiger partial charge < -0.3 is 9.57 Å². The molecule has 3 nitrogen and oxygen atoms in total. The molecule has 0 radical (unpaired) electrons. The molecule has 0 fully saturated rings. The summed E-state index contributed by atoms with van der Waals surface area (Å²) in [5.74, 6) is 0. The van der Waals surface area contributed by atoms with Gasteiger partial charge in [-0.2, -0.15) is 0 Å². The Balaban J connectivity index is 2.20. The number of hydroxylamine groups is 1. The minimum absolute atomic E-state index is 0.465. The van der Waals surface area contributed by atoms with Crippen LogP contribution in [0.15, 0.2) is 12.3 Å². The van der Waals surface area contributed by atoms with Gasteiger partial charge in [0.05, 0.1) is 6.61 Å². The van der Waals surface area contributed by atoms with Crippen molar-refractivity contribution in [3.05, 3.63) is 12.3 Å². The van der Waals surface area contributed by atoms with Crippen LogP contribution in [0.2, 0.25) is 0 Å². The van der Waals surface area contributed by atoms with E-state index < -0.39 is 0 Å². The quantitative estimate of drug-likeness (QED) is 0.466. The molecule has 0 saturated heterocycles. The van der Waals surface area contributed by atoms with Gasteiger partial charge in [-0.15, -0.1) is 5.48 Å². The lowest BCUT2D eigenvalue weighted by molar-refractivity contribution is 0.0388. The van der Waals surface area contributed by atoms with Gasteiger partial charge >= 0.3 is 0 Å². The highest BCUT2D eigenvalue weighted by Gasteiger charge is 1.85. The molecule has 1 rings (SSSR count). The van der Waals surface area contributed by atoms with Gasteiger partial charge in [-0.05, 0) is 6.08 Å². The standard InChI is InChI=1S/C4H7NO2/c1-2-6-4-5-7-3-1/h1,3,5H,2,4H2. The molecule has 0 amide bonds. The second-order valence-corrected chi connectivity index (χ2v) is 1.15. The SMILES string of the molecule is C1=CONCOC1. The van der Waals surface area contributed by atoms with E-state index in [-0.39, 0.29) is 0 Å². The number of nitrogens with one attached hydrogen (secondary N) is 1. The van der Waals surface area contributed by atoms with E-state index in [0.717, 1.165) is 0 Å². The van der Waals surface area contributed by atoms with Crippen LogP contribution in [0.5, 0.6) is 0 Å². The first-order valence-corrected chi connectivity index (χ1v) is 2.11. The minimum atomic E-state index is 0.465. The topological polar surface area (TPSA) is 30.5 Å². The zero-order valence-corrected chi connectivity index (χ0v) is 3.89. The van der Waals surface area contributed by atoms with Crippen molar-refractivity contribution in [2.45, 2.75) is 0 Å². The Labute approximate surface area is 41.9 Å². The molecule has 0 bridgehead atoms. The summed E-state index contributed by atoms with van der Waals surface area (Å²) in [6, 6.07) is 0. The Kier molecular flexibility index (Phi) is 1.72. The molecule has 1 N–H and O–H groups in total. The van der Waals surface area contributed by atoms with Gasteiger partial charge in [-0.25, -0.2) is 0 Å². The monoisotopic (exact) mass is 101 g/mol. The number of ether oxygens (including phenoxy) is 1. The van der Waals surface area contributed by atoms with Crippen LogP contribution < -0.4 is 5.48 Å². The zero-order valence-electron chi connectivity index (χ0n) is 3.89. The highest BCUT2D eigenvalue weighted by molar-refractivity contribution is 4.72. The molecule has 3 heteroatoms. The second-order valence-electron chi connectivity index (χ2n) is 1.15. The molecule has 0 saturated carbocycles. The predicted octanol–water partition coefficient (Wildman–Crippen LogP) is 0.00900. The Hall–Kier alpha value is -0.540. The summed E-state index contributed by atoms with van der Waals surface area (Å²) in [7, 11) is 0. The lowest BCUT2D eigenvalue weighted by Gasteiger charge is -1.95. The predicted molar refractivity (Wildman–Crippen MR) is 24.2 cm³/mol. The largest absolute Gasteiger partial charge is 0.415 e. The first-order valence-electron chi connectivity index (χ1n) is 2.11. The summed E-state index contributed by atoms with van der Waals surface area (Å²) >= 11 is 0. The van der Waals surface area contributed by atoms with E-state index in [4.69, 9.17) is 4.74 Å². The Morgan fingerprint density at radius 2 is 2.57 bits per heavy atom. The van der Waals surface area contributed by atoms with Crippen LogP contribution in [0.1, 0.15) is 0 Å². The third kappa shape index (κ3) is 1.57. The molecule has 0 aromatic carbocycles. The molecule has 0 aromatic rings. The van der Waals surface area contributed by atoms with Crippen molar-refractivity contribution in [1.29, 1.82) is 0 Å². The summed E-state index contributed by atoms with van der Waals surface area (Å²) in [5.41, 5.74) is 2.54. The maximum absolute atomic E-state index is 4.87. The smallest absolute Gasteiger partial charge is 0.130 e. The second kappa shape index (κ2) is 2.60. The number of rotatable bonds is 0. The van der Waals surface area contributed by atoms with E-state index in [1.54, 1.807) is 12.3 Å². The van der Waals surface area contributed by atoms with Crippen LogP contribution in [0.4, 0.5) is 0 Å². The van der Waals surface area contributed by atoms with Gasteiger partial charge in [0.15, 0.2) is 0 Å². The van der Waals surface area contributed by atoms with E-state index in [0.29, 0.717) is 13.3 Å². The fourth-order valence-electron chi connectivity index (χ4n) is 0.338. The summed E-state index contributed by atoms with van der Waals surface area (Å²) in [5, 5.41) is 0. The van der Waals surface area contributed by atoms with Gasteiger partial charge in [0, 0.05) is 0 Å². The van der Waals surface area contributed by atoms with Crippen molar-refractivity contribution in [1.82, 2.24) is 5.48 Å². The summed E-state index contributed by atoms with van der Waals surface area (Å²) in [4.78, 5) is 4.64. The van der Waals surface area contributed by atoms with Gasteiger partial charge in [0.1, 0.15) is 13.0 Å². The molecule has 1 heterocycles. The average Bonchev–Trinajstić information content (AvgIpc) is 1.90. The van der Waals surface area contributed by atoms with Gasteiger partial charge in [0.25, 0.3) is 0 Å². The van der Waals surface area contributed by atoms with Crippen molar-refractivity contribution >= 4 is 0 Å². The summed E-state index contributed by atoms with van der Waals surface area (Å²) in [6.45, 7) is 1.10. The molecule has 0 aliphatic carbocycles. The fourth-order valence-corrected chi connectivity index (χ4v) is 0.338. The third-order valence-electron chi connectivity index (χ3n) is 0.623. The summed E-state index contributed by atoms with van der Waals surface area (Å²) < 4.78 is 4.87. The van der Waals surface area contributed by atoms with Crippen molar-refractivity contribution in [2.24, 2.45) is 0 Å². The average molecular weight is 101 g/mol. The van der Waals surface area contributed by atoms with Crippen LogP contribution in [-0.4, -0.2) is 13.3 Å². The molecule has 40 valence electrons. The van der Waals surface area contributed by atoms with E-state index in [9.17, 15) is 0 Å². The molecule has 0 aromatic heterocycles. The van der Waals surface area contributed by atoms with Gasteiger partial charge in [-0.3, -0.25) is 0 Å². The van der Waals surface area contributed by atoms with E-state index in [1.807, 2.05) is 0 Å². The van der Waals surface area contributed by atoms with Crippen LogP contribution in [-0.2, 0) is 9.57 Å². The number of hydrogen-bond donors (Lipinski definition) is 1. The Morgan fingerprint density at radius 3 is 3.57 bits per heavy atom. The zero-order chi connectivity index (χ0) is 4.95. The van der Waals surface area contributed by atoms with E-state index >= 15 is 0 Å². The van der Waals surface area contributed by atoms with Crippen LogP contribution in [0.3, 0.4) is 0 Å². The molecular weight excluding hydrogens is 94.0 g/mol. The van der Waals surface area contributed by atoms with Crippen molar-refractivity contribution in [3.8, 4) is 0 Å². The first kappa shape index (κ1) is 4.61. The number of hydrogen-bond acceptors (Lipinski definition) is 3. The van der Waals surface area contributed by atoms with Crippen LogP contribution >= 0.6 is 0 Å². The Morgan fingerprint density at radius 1 is 1.57 bits per heavy atom. The molecule has 0 atom stereocenters. The van der Waals surface area contributed by atoms with Crippen LogP contribution in [0, 0.1) is 0 Å². The van der Waals surface area contributed by atoms with Crippen molar-refractivity contribution in [2.75, 3.05) is 13.3 Å². The van der Waals surface area contributed by atoms with Crippen molar-refractivity contribution in [3.63, 3.8) is 0 Å². The molecule has 7 heavy (non-hydrogen) atoms. The molecule has 0 spiro atoms. The van der Waals surface area contributed by atoms with E-state index in [2.05, 4.69) is 10.3 Å². The third-order valence-corrected chi connectivity index (χ3v) is 0.623. The maximum Gasteiger partial charge on any atom is 0.130 e. The van der Waals surface area contributed by atoms with Gasteiger partial charge in [0.2, 0.25) is 0 Å². The molecule has 0 unspecified atom stereocenters. The van der Waals surface area contributed by atoms with Crippen molar-refractivity contribution < 1.29 is 9.57 Å². The Bertz CT molecular complexity index is 64.1. The summed E-state index contributed by atoms with van der Waals surface area (Å²) in [6.07, 6.45) is 3.35. The fraction of sp³-hybridized carbons (Fsp3) is 0.500. The maximum atomic E-state index is 4.87. The van der Waals surface area contributed by atoms with E-state index in [1.165, 1.54) is 0 Å². The van der Waals surface area contributed by atoms with Gasteiger partial charge in [-0.1, -0.05) is 0 Å². The molecule has 1 aliphatic rings. The highest BCUT2D eigenvalue weighted by atomic mass is 16.7. The lowest BCUT2D eigenvalue weighted by atomic mass is 10.7. The normalized spacial score (nSPS) is 20.6. The highest BCUT2D eigenvalue weighted by Crippen LogP contribution is 1.81. The first-order chi connectivity index (χ1) is 3.50. The molecular formula is C4H7NO2.